The minimum Gasteiger partial charge on any atom is -0.310 e. The molecule has 0 spiro atoms. The summed E-state index contributed by atoms with van der Waals surface area (Å²) in [6.45, 7) is 7.51. The molecular formula is C15H22ClNS. The third-order valence-corrected chi connectivity index (χ3v) is 4.27. The maximum atomic E-state index is 5.67. The third-order valence-electron chi connectivity index (χ3n) is 2.71. The smallest absolute Gasteiger partial charge is 0.0292 e. The summed E-state index contributed by atoms with van der Waals surface area (Å²) in [6, 6.07) is 9.14. The summed E-state index contributed by atoms with van der Waals surface area (Å²) in [7, 11) is 0. The molecule has 0 saturated heterocycles. The van der Waals surface area contributed by atoms with Gasteiger partial charge in [0.1, 0.15) is 0 Å². The molecule has 1 aromatic rings. The van der Waals surface area contributed by atoms with Crippen LogP contribution in [0.15, 0.2) is 40.3 Å². The lowest BCUT2D eigenvalue weighted by Crippen LogP contribution is -2.19. The molecule has 1 atom stereocenters. The molecule has 1 rings (SSSR count). The molecule has 18 heavy (non-hydrogen) atoms. The lowest BCUT2D eigenvalue weighted by atomic mass is 10.1. The molecule has 0 heterocycles. The van der Waals surface area contributed by atoms with Crippen molar-refractivity contribution in [2.45, 2.75) is 38.1 Å². The molecule has 1 N–H and O–H groups in total. The van der Waals surface area contributed by atoms with E-state index in [0.717, 1.165) is 12.3 Å². The van der Waals surface area contributed by atoms with Crippen LogP contribution in [0.5, 0.6) is 0 Å². The van der Waals surface area contributed by atoms with E-state index in [-0.39, 0.29) is 0 Å². The van der Waals surface area contributed by atoms with E-state index < -0.39 is 0 Å². The van der Waals surface area contributed by atoms with Crippen LogP contribution in [0.25, 0.3) is 0 Å². The number of thioether (sulfide) groups is 1. The number of rotatable bonds is 7. The number of nitrogens with one attached hydrogen (secondary N) is 1. The first-order valence-electron chi connectivity index (χ1n) is 6.39. The van der Waals surface area contributed by atoms with Crippen molar-refractivity contribution in [1.82, 2.24) is 5.32 Å². The quantitative estimate of drug-likeness (QED) is 0.708. The predicted octanol–water partition coefficient (Wildman–Crippen LogP) is 4.98. The Morgan fingerprint density at radius 1 is 1.50 bits per heavy atom. The van der Waals surface area contributed by atoms with Crippen molar-refractivity contribution in [2.75, 3.05) is 12.3 Å². The van der Waals surface area contributed by atoms with Gasteiger partial charge in [-0.1, -0.05) is 36.2 Å². The van der Waals surface area contributed by atoms with E-state index in [1.165, 1.54) is 22.5 Å². The van der Waals surface area contributed by atoms with Crippen LogP contribution >= 0.6 is 23.4 Å². The molecule has 0 saturated carbocycles. The molecule has 1 unspecified atom stereocenters. The summed E-state index contributed by atoms with van der Waals surface area (Å²) in [5.41, 5.74) is 4.20. The van der Waals surface area contributed by atoms with Crippen molar-refractivity contribution >= 4 is 23.4 Å². The first kappa shape index (κ1) is 15.6. The average molecular weight is 284 g/mol. The zero-order valence-electron chi connectivity index (χ0n) is 11.4. The molecule has 0 radical (unpaired) electrons. The van der Waals surface area contributed by atoms with Gasteiger partial charge in [-0.05, 0) is 44.5 Å². The lowest BCUT2D eigenvalue weighted by Gasteiger charge is -2.14. The van der Waals surface area contributed by atoms with Crippen LogP contribution in [0.2, 0.25) is 0 Å². The SMILES string of the molecule is CCCNC(C)c1cccc(SC/C(C)=C/Cl)c1. The van der Waals surface area contributed by atoms with E-state index >= 15 is 0 Å². The maximum Gasteiger partial charge on any atom is 0.0292 e. The van der Waals surface area contributed by atoms with Gasteiger partial charge >= 0.3 is 0 Å². The summed E-state index contributed by atoms with van der Waals surface area (Å²) < 4.78 is 0. The molecule has 0 amide bonds. The summed E-state index contributed by atoms with van der Waals surface area (Å²) in [5.74, 6) is 0.948. The topological polar surface area (TPSA) is 12.0 Å². The molecule has 0 aliphatic carbocycles. The first-order valence-corrected chi connectivity index (χ1v) is 7.81. The van der Waals surface area contributed by atoms with Gasteiger partial charge in [0.2, 0.25) is 0 Å². The van der Waals surface area contributed by atoms with Crippen LogP contribution in [0.1, 0.15) is 38.8 Å². The Labute approximate surface area is 120 Å². The normalized spacial score (nSPS) is 13.7. The second-order valence-electron chi connectivity index (χ2n) is 4.49. The minimum absolute atomic E-state index is 0.412. The highest BCUT2D eigenvalue weighted by Crippen LogP contribution is 2.24. The monoisotopic (exact) mass is 283 g/mol. The van der Waals surface area contributed by atoms with Crippen molar-refractivity contribution in [3.63, 3.8) is 0 Å². The van der Waals surface area contributed by atoms with Crippen LogP contribution in [-0.2, 0) is 0 Å². The number of halogens is 1. The molecule has 1 aromatic carbocycles. The van der Waals surface area contributed by atoms with Gasteiger partial charge in [0.05, 0.1) is 0 Å². The number of hydrogen-bond acceptors (Lipinski definition) is 2. The Bertz CT molecular complexity index is 390. The summed E-state index contributed by atoms with van der Waals surface area (Å²) >= 11 is 7.50. The van der Waals surface area contributed by atoms with E-state index in [2.05, 4.69) is 50.4 Å². The Kier molecular flexibility index (Phi) is 7.48. The molecule has 100 valence electrons. The third kappa shape index (κ3) is 5.47. The van der Waals surface area contributed by atoms with Crippen molar-refractivity contribution in [3.05, 3.63) is 40.9 Å². The predicted molar refractivity (Wildman–Crippen MR) is 83.5 cm³/mol. The highest BCUT2D eigenvalue weighted by atomic mass is 35.5. The fourth-order valence-electron chi connectivity index (χ4n) is 1.58. The number of hydrogen-bond donors (Lipinski definition) is 1. The molecule has 0 bridgehead atoms. The summed E-state index contributed by atoms with van der Waals surface area (Å²) in [4.78, 5) is 1.30. The molecule has 0 aromatic heterocycles. The fourth-order valence-corrected chi connectivity index (χ4v) is 2.62. The summed E-state index contributed by atoms with van der Waals surface area (Å²) in [6.07, 6.45) is 1.17. The van der Waals surface area contributed by atoms with E-state index in [1.807, 2.05) is 11.8 Å². The van der Waals surface area contributed by atoms with Crippen LogP contribution in [0.4, 0.5) is 0 Å². The Hall–Kier alpha value is -0.440. The van der Waals surface area contributed by atoms with Crippen molar-refractivity contribution in [2.24, 2.45) is 0 Å². The van der Waals surface area contributed by atoms with Gasteiger partial charge in [0.25, 0.3) is 0 Å². The highest BCUT2D eigenvalue weighted by Gasteiger charge is 2.05. The molecule has 3 heteroatoms. The number of benzene rings is 1. The van der Waals surface area contributed by atoms with Gasteiger partial charge < -0.3 is 5.32 Å². The van der Waals surface area contributed by atoms with E-state index in [4.69, 9.17) is 11.6 Å². The van der Waals surface area contributed by atoms with Crippen LogP contribution < -0.4 is 5.32 Å². The van der Waals surface area contributed by atoms with Gasteiger partial charge in [0, 0.05) is 22.2 Å². The first-order chi connectivity index (χ1) is 8.67. The van der Waals surface area contributed by atoms with Gasteiger partial charge in [-0.25, -0.2) is 0 Å². The minimum atomic E-state index is 0.412. The second kappa shape index (κ2) is 8.63. The van der Waals surface area contributed by atoms with Gasteiger partial charge in [0.15, 0.2) is 0 Å². The lowest BCUT2D eigenvalue weighted by molar-refractivity contribution is 0.570. The van der Waals surface area contributed by atoms with Crippen molar-refractivity contribution in [1.29, 1.82) is 0 Å². The van der Waals surface area contributed by atoms with E-state index in [9.17, 15) is 0 Å². The Balaban J connectivity index is 2.61. The maximum absolute atomic E-state index is 5.67. The van der Waals surface area contributed by atoms with Gasteiger partial charge in [-0.3, -0.25) is 0 Å². The zero-order valence-corrected chi connectivity index (χ0v) is 12.9. The highest BCUT2D eigenvalue weighted by molar-refractivity contribution is 7.99. The van der Waals surface area contributed by atoms with Gasteiger partial charge in [-0.2, -0.15) is 0 Å². The Morgan fingerprint density at radius 2 is 2.28 bits per heavy atom. The standard InChI is InChI=1S/C15H22ClNS/c1-4-8-17-13(3)14-6-5-7-15(9-14)18-11-12(2)10-16/h5-7,9-10,13,17H,4,8,11H2,1-3H3/b12-10+. The summed E-state index contributed by atoms with van der Waals surface area (Å²) in [5, 5.41) is 3.51. The molecule has 0 aliphatic heterocycles. The zero-order chi connectivity index (χ0) is 13.4. The fraction of sp³-hybridized carbons (Fsp3) is 0.467. The van der Waals surface area contributed by atoms with Gasteiger partial charge in [-0.15, -0.1) is 11.8 Å². The average Bonchev–Trinajstić information content (AvgIpc) is 2.42. The molecular weight excluding hydrogens is 262 g/mol. The van der Waals surface area contributed by atoms with Crippen LogP contribution in [-0.4, -0.2) is 12.3 Å². The van der Waals surface area contributed by atoms with Crippen LogP contribution in [0, 0.1) is 0 Å². The van der Waals surface area contributed by atoms with E-state index in [0.29, 0.717) is 6.04 Å². The van der Waals surface area contributed by atoms with Crippen molar-refractivity contribution in [3.8, 4) is 0 Å². The van der Waals surface area contributed by atoms with E-state index in [1.54, 1.807) is 5.54 Å². The second-order valence-corrected chi connectivity index (χ2v) is 5.76. The molecule has 1 nitrogen and oxygen atoms in total. The Morgan fingerprint density at radius 3 is 2.94 bits per heavy atom. The molecule has 0 fully saturated rings. The van der Waals surface area contributed by atoms with Crippen LogP contribution in [0.3, 0.4) is 0 Å². The van der Waals surface area contributed by atoms with Crippen molar-refractivity contribution < 1.29 is 0 Å². The largest absolute Gasteiger partial charge is 0.310 e. The molecule has 0 aliphatic rings.